The van der Waals surface area contributed by atoms with Gasteiger partial charge in [-0.15, -0.1) is 0 Å². The Hall–Kier alpha value is -1.14. The molecule has 0 saturated carbocycles. The summed E-state index contributed by atoms with van der Waals surface area (Å²) in [6.07, 6.45) is 3.12. The lowest BCUT2D eigenvalue weighted by Gasteiger charge is -2.37. The molecule has 0 aromatic rings. The van der Waals surface area contributed by atoms with Gasteiger partial charge < -0.3 is 15.8 Å². The van der Waals surface area contributed by atoms with Gasteiger partial charge >= 0.3 is 5.97 Å². The van der Waals surface area contributed by atoms with Crippen LogP contribution in [-0.4, -0.2) is 56.1 Å². The van der Waals surface area contributed by atoms with Gasteiger partial charge in [0, 0.05) is 25.6 Å². The maximum absolute atomic E-state index is 11.9. The fourth-order valence-corrected chi connectivity index (χ4v) is 2.56. The zero-order valence-corrected chi connectivity index (χ0v) is 12.6. The van der Waals surface area contributed by atoms with E-state index in [2.05, 4.69) is 21.9 Å². The van der Waals surface area contributed by atoms with Crippen LogP contribution in [0.4, 0.5) is 0 Å². The van der Waals surface area contributed by atoms with Crippen LogP contribution in [0.5, 0.6) is 0 Å². The molecule has 0 aromatic carbocycles. The first-order chi connectivity index (χ1) is 9.56. The van der Waals surface area contributed by atoms with Crippen molar-refractivity contribution in [2.75, 3.05) is 33.3 Å². The van der Waals surface area contributed by atoms with Gasteiger partial charge in [0.1, 0.15) is 0 Å². The van der Waals surface area contributed by atoms with Crippen LogP contribution < -0.4 is 11.1 Å². The van der Waals surface area contributed by atoms with Gasteiger partial charge in [0.25, 0.3) is 0 Å². The van der Waals surface area contributed by atoms with Crippen molar-refractivity contribution in [3.63, 3.8) is 0 Å². The zero-order valence-electron chi connectivity index (χ0n) is 12.6. The van der Waals surface area contributed by atoms with Crippen molar-refractivity contribution in [3.05, 3.63) is 0 Å². The molecule has 1 amide bonds. The standard InChI is InChI=1S/C14H27N3O3/c1-11-5-7-17(12(8-11)9-15)10-13(18)16-6-3-4-14(19)20-2/h11-12H,3-10,15H2,1-2H3,(H,16,18). The third-order valence-electron chi connectivity index (χ3n) is 3.83. The van der Waals surface area contributed by atoms with Crippen LogP contribution in [0, 0.1) is 5.92 Å². The van der Waals surface area contributed by atoms with E-state index in [1.54, 1.807) is 0 Å². The third-order valence-corrected chi connectivity index (χ3v) is 3.83. The second-order valence-corrected chi connectivity index (χ2v) is 5.52. The minimum absolute atomic E-state index is 0.00266. The molecule has 0 aromatic heterocycles. The summed E-state index contributed by atoms with van der Waals surface area (Å²) in [7, 11) is 1.37. The highest BCUT2D eigenvalue weighted by atomic mass is 16.5. The number of ether oxygens (including phenoxy) is 1. The summed E-state index contributed by atoms with van der Waals surface area (Å²) in [6.45, 7) is 4.66. The van der Waals surface area contributed by atoms with Crippen molar-refractivity contribution in [2.45, 2.75) is 38.6 Å². The molecule has 2 unspecified atom stereocenters. The fraction of sp³-hybridized carbons (Fsp3) is 0.857. The molecule has 1 rings (SSSR count). The molecule has 1 fully saturated rings. The summed E-state index contributed by atoms with van der Waals surface area (Å²) in [4.78, 5) is 24.9. The number of nitrogens with one attached hydrogen (secondary N) is 1. The Balaban J connectivity index is 2.22. The second kappa shape index (κ2) is 8.92. The quantitative estimate of drug-likeness (QED) is 0.512. The smallest absolute Gasteiger partial charge is 0.305 e. The number of methoxy groups -OCH3 is 1. The van der Waals surface area contributed by atoms with Gasteiger partial charge in [0.2, 0.25) is 5.91 Å². The molecule has 6 nitrogen and oxygen atoms in total. The van der Waals surface area contributed by atoms with Crippen LogP contribution >= 0.6 is 0 Å². The van der Waals surface area contributed by atoms with E-state index in [4.69, 9.17) is 5.73 Å². The van der Waals surface area contributed by atoms with Gasteiger partial charge in [0.05, 0.1) is 13.7 Å². The van der Waals surface area contributed by atoms with Gasteiger partial charge in [-0.1, -0.05) is 6.92 Å². The molecule has 1 aliphatic rings. The topological polar surface area (TPSA) is 84.7 Å². The molecule has 2 atom stereocenters. The number of nitrogens with two attached hydrogens (primary N) is 1. The number of nitrogens with zero attached hydrogens (tertiary/aromatic N) is 1. The molecule has 0 bridgehead atoms. The number of carbonyl (C=O) groups is 2. The average molecular weight is 285 g/mol. The van der Waals surface area contributed by atoms with Gasteiger partial charge in [-0.2, -0.15) is 0 Å². The van der Waals surface area contributed by atoms with Crippen LogP contribution in [0.3, 0.4) is 0 Å². The van der Waals surface area contributed by atoms with Gasteiger partial charge in [-0.05, 0) is 31.7 Å². The Morgan fingerprint density at radius 2 is 2.20 bits per heavy atom. The number of hydrogen-bond acceptors (Lipinski definition) is 5. The predicted octanol–water partition coefficient (Wildman–Crippen LogP) is 0.115. The summed E-state index contributed by atoms with van der Waals surface area (Å²) in [5.74, 6) is 0.443. The van der Waals surface area contributed by atoms with E-state index in [0.29, 0.717) is 44.4 Å². The predicted molar refractivity (Wildman–Crippen MR) is 77.1 cm³/mol. The van der Waals surface area contributed by atoms with Gasteiger partial charge in [-0.25, -0.2) is 0 Å². The number of piperidine rings is 1. The molecule has 6 heteroatoms. The van der Waals surface area contributed by atoms with Gasteiger partial charge in [0.15, 0.2) is 0 Å². The Labute approximate surface area is 121 Å². The summed E-state index contributed by atoms with van der Waals surface area (Å²) >= 11 is 0. The van der Waals surface area contributed by atoms with E-state index in [-0.39, 0.29) is 11.9 Å². The molecule has 3 N–H and O–H groups in total. The van der Waals surface area contributed by atoms with Crippen LogP contribution in [0.25, 0.3) is 0 Å². The van der Waals surface area contributed by atoms with Crippen LogP contribution in [0.15, 0.2) is 0 Å². The summed E-state index contributed by atoms with van der Waals surface area (Å²) in [6, 6.07) is 0.305. The third kappa shape index (κ3) is 5.88. The van der Waals surface area contributed by atoms with Crippen LogP contribution in [0.1, 0.15) is 32.6 Å². The molecule has 0 aliphatic carbocycles. The molecule has 20 heavy (non-hydrogen) atoms. The Kier molecular flexibility index (Phi) is 7.54. The normalized spacial score (nSPS) is 23.4. The first kappa shape index (κ1) is 16.9. The second-order valence-electron chi connectivity index (χ2n) is 5.52. The molecule has 0 spiro atoms. The Bertz CT molecular complexity index is 323. The molecule has 1 aliphatic heterocycles. The maximum atomic E-state index is 11.9. The van der Waals surface area contributed by atoms with Crippen LogP contribution in [-0.2, 0) is 14.3 Å². The molecule has 1 heterocycles. The fourth-order valence-electron chi connectivity index (χ4n) is 2.56. The van der Waals surface area contributed by atoms with Crippen molar-refractivity contribution < 1.29 is 14.3 Å². The van der Waals surface area contributed by atoms with Crippen molar-refractivity contribution in [1.82, 2.24) is 10.2 Å². The highest BCUT2D eigenvalue weighted by Gasteiger charge is 2.26. The van der Waals surface area contributed by atoms with E-state index in [1.807, 2.05) is 0 Å². The summed E-state index contributed by atoms with van der Waals surface area (Å²) < 4.78 is 4.54. The number of likely N-dealkylation sites (tertiary alicyclic amines) is 1. The monoisotopic (exact) mass is 285 g/mol. The molecule has 0 radical (unpaired) electrons. The number of amides is 1. The zero-order chi connectivity index (χ0) is 15.0. The molecular formula is C14H27N3O3. The number of rotatable bonds is 7. The number of esters is 1. The largest absolute Gasteiger partial charge is 0.469 e. The first-order valence-corrected chi connectivity index (χ1v) is 7.34. The number of hydrogen-bond donors (Lipinski definition) is 2. The minimum Gasteiger partial charge on any atom is -0.469 e. The molecule has 116 valence electrons. The maximum Gasteiger partial charge on any atom is 0.305 e. The van der Waals surface area contributed by atoms with E-state index < -0.39 is 0 Å². The minimum atomic E-state index is -0.243. The molecule has 1 saturated heterocycles. The highest BCUT2D eigenvalue weighted by molar-refractivity contribution is 5.78. The lowest BCUT2D eigenvalue weighted by Crippen LogP contribution is -2.50. The van der Waals surface area contributed by atoms with E-state index in [9.17, 15) is 9.59 Å². The van der Waals surface area contributed by atoms with Crippen LogP contribution in [0.2, 0.25) is 0 Å². The van der Waals surface area contributed by atoms with Crippen molar-refractivity contribution >= 4 is 11.9 Å². The highest BCUT2D eigenvalue weighted by Crippen LogP contribution is 2.21. The lowest BCUT2D eigenvalue weighted by molar-refractivity contribution is -0.140. The molecular weight excluding hydrogens is 258 g/mol. The van der Waals surface area contributed by atoms with E-state index in [0.717, 1.165) is 19.4 Å². The van der Waals surface area contributed by atoms with E-state index >= 15 is 0 Å². The summed E-state index contributed by atoms with van der Waals surface area (Å²) in [5.41, 5.74) is 5.78. The lowest BCUT2D eigenvalue weighted by atomic mass is 9.92. The average Bonchev–Trinajstić information content (AvgIpc) is 2.45. The SMILES string of the molecule is COC(=O)CCCNC(=O)CN1CCC(C)CC1CN. The Morgan fingerprint density at radius 3 is 2.85 bits per heavy atom. The number of carbonyl (C=O) groups excluding carboxylic acids is 2. The van der Waals surface area contributed by atoms with Crippen molar-refractivity contribution in [2.24, 2.45) is 11.7 Å². The van der Waals surface area contributed by atoms with Gasteiger partial charge in [-0.3, -0.25) is 14.5 Å². The first-order valence-electron chi connectivity index (χ1n) is 7.34. The van der Waals surface area contributed by atoms with E-state index in [1.165, 1.54) is 7.11 Å². The summed E-state index contributed by atoms with van der Waals surface area (Å²) in [5, 5.41) is 2.84. The Morgan fingerprint density at radius 1 is 1.45 bits per heavy atom. The van der Waals surface area contributed by atoms with Crippen molar-refractivity contribution in [1.29, 1.82) is 0 Å². The van der Waals surface area contributed by atoms with Crippen molar-refractivity contribution in [3.8, 4) is 0 Å².